The average Bonchev–Trinajstić information content (AvgIpc) is 3.07. The lowest BCUT2D eigenvalue weighted by Gasteiger charge is -2.34. The Morgan fingerprint density at radius 1 is 1.18 bits per heavy atom. The fourth-order valence-electron chi connectivity index (χ4n) is 4.12. The summed E-state index contributed by atoms with van der Waals surface area (Å²) in [6, 6.07) is 13.7. The van der Waals surface area contributed by atoms with Crippen LogP contribution in [0.3, 0.4) is 0 Å². The maximum absolute atomic E-state index is 13.2. The summed E-state index contributed by atoms with van der Waals surface area (Å²) in [7, 11) is 4.19. The van der Waals surface area contributed by atoms with Crippen LogP contribution in [0.1, 0.15) is 12.8 Å². The molecule has 0 radical (unpaired) electrons. The molecule has 1 aromatic carbocycles. The van der Waals surface area contributed by atoms with Gasteiger partial charge in [0.2, 0.25) is 5.91 Å². The van der Waals surface area contributed by atoms with Gasteiger partial charge in [0.15, 0.2) is 5.82 Å². The number of aromatic nitrogens is 3. The first kappa shape index (κ1) is 18.6. The second kappa shape index (κ2) is 8.10. The van der Waals surface area contributed by atoms with Crippen LogP contribution in [-0.4, -0.2) is 64.0 Å². The third kappa shape index (κ3) is 3.92. The molecule has 4 rings (SSSR count). The number of imidazole rings is 1. The second-order valence-corrected chi connectivity index (χ2v) is 7.84. The lowest BCUT2D eigenvalue weighted by molar-refractivity contribution is -0.133. The minimum absolute atomic E-state index is 0.156. The fourth-order valence-corrected chi connectivity index (χ4v) is 4.12. The number of carbonyl (C=O) groups is 1. The van der Waals surface area contributed by atoms with E-state index in [0.717, 1.165) is 48.6 Å². The maximum atomic E-state index is 13.2. The predicted octanol–water partition coefficient (Wildman–Crippen LogP) is 2.90. The molecule has 3 heterocycles. The van der Waals surface area contributed by atoms with E-state index in [4.69, 9.17) is 4.98 Å². The van der Waals surface area contributed by atoms with Crippen molar-refractivity contribution >= 4 is 16.9 Å². The van der Waals surface area contributed by atoms with Gasteiger partial charge in [0, 0.05) is 25.8 Å². The van der Waals surface area contributed by atoms with Crippen LogP contribution >= 0.6 is 0 Å². The van der Waals surface area contributed by atoms with Crippen molar-refractivity contribution in [3.05, 3.63) is 48.7 Å². The number of amides is 1. The molecular formula is C22H27N5O. The van der Waals surface area contributed by atoms with E-state index in [1.165, 1.54) is 6.42 Å². The van der Waals surface area contributed by atoms with Crippen LogP contribution in [0.2, 0.25) is 0 Å². The Labute approximate surface area is 165 Å². The van der Waals surface area contributed by atoms with Gasteiger partial charge in [-0.25, -0.2) is 4.98 Å². The highest BCUT2D eigenvalue weighted by Crippen LogP contribution is 2.24. The number of hydrogen-bond acceptors (Lipinski definition) is 4. The van der Waals surface area contributed by atoms with Gasteiger partial charge in [-0.2, -0.15) is 0 Å². The van der Waals surface area contributed by atoms with Crippen LogP contribution < -0.4 is 0 Å². The molecule has 0 N–H and O–H groups in total. The van der Waals surface area contributed by atoms with E-state index >= 15 is 0 Å². The largest absolute Gasteiger partial charge is 0.341 e. The zero-order valence-electron chi connectivity index (χ0n) is 16.6. The molecule has 0 unspecified atom stereocenters. The molecule has 1 saturated heterocycles. The van der Waals surface area contributed by atoms with E-state index in [0.29, 0.717) is 12.5 Å². The molecule has 0 aliphatic carbocycles. The molecule has 0 spiro atoms. The summed E-state index contributed by atoms with van der Waals surface area (Å²) >= 11 is 0. The maximum Gasteiger partial charge on any atom is 0.242 e. The van der Waals surface area contributed by atoms with Crippen LogP contribution in [0.5, 0.6) is 0 Å². The minimum Gasteiger partial charge on any atom is -0.341 e. The van der Waals surface area contributed by atoms with Gasteiger partial charge in [0.25, 0.3) is 0 Å². The van der Waals surface area contributed by atoms with Crippen molar-refractivity contribution < 1.29 is 4.79 Å². The van der Waals surface area contributed by atoms with Crippen molar-refractivity contribution in [2.24, 2.45) is 5.92 Å². The van der Waals surface area contributed by atoms with E-state index < -0.39 is 0 Å². The van der Waals surface area contributed by atoms with Crippen molar-refractivity contribution in [1.82, 2.24) is 24.3 Å². The molecule has 1 fully saturated rings. The van der Waals surface area contributed by atoms with Gasteiger partial charge in [-0.15, -0.1) is 0 Å². The Kier molecular flexibility index (Phi) is 5.39. The van der Waals surface area contributed by atoms with Crippen LogP contribution in [-0.2, 0) is 11.3 Å². The van der Waals surface area contributed by atoms with Crippen molar-refractivity contribution in [1.29, 1.82) is 0 Å². The van der Waals surface area contributed by atoms with Gasteiger partial charge < -0.3 is 14.4 Å². The molecule has 3 aromatic rings. The zero-order chi connectivity index (χ0) is 19.5. The van der Waals surface area contributed by atoms with Crippen LogP contribution in [0.25, 0.3) is 22.6 Å². The van der Waals surface area contributed by atoms with E-state index in [9.17, 15) is 4.79 Å². The van der Waals surface area contributed by atoms with E-state index in [1.54, 1.807) is 6.20 Å². The predicted molar refractivity (Wildman–Crippen MR) is 111 cm³/mol. The number of nitrogens with zero attached hydrogens (tertiary/aromatic N) is 5. The molecular weight excluding hydrogens is 350 g/mol. The lowest BCUT2D eigenvalue weighted by Crippen LogP contribution is -2.44. The number of carbonyl (C=O) groups excluding carboxylic acids is 1. The van der Waals surface area contributed by atoms with Gasteiger partial charge in [-0.05, 0) is 57.1 Å². The van der Waals surface area contributed by atoms with Crippen molar-refractivity contribution in [2.45, 2.75) is 19.4 Å². The molecule has 1 atom stereocenters. The number of rotatable bonds is 5. The summed E-state index contributed by atoms with van der Waals surface area (Å²) in [5.74, 6) is 1.45. The number of benzene rings is 1. The number of hydrogen-bond donors (Lipinski definition) is 0. The van der Waals surface area contributed by atoms with E-state index in [-0.39, 0.29) is 5.91 Å². The normalized spacial score (nSPS) is 17.4. The van der Waals surface area contributed by atoms with Gasteiger partial charge in [-0.3, -0.25) is 9.78 Å². The first-order chi connectivity index (χ1) is 13.6. The van der Waals surface area contributed by atoms with Gasteiger partial charge in [0.05, 0.1) is 11.0 Å². The van der Waals surface area contributed by atoms with Crippen molar-refractivity contribution in [3.8, 4) is 11.5 Å². The molecule has 0 bridgehead atoms. The monoisotopic (exact) mass is 377 g/mol. The fraction of sp³-hybridized carbons (Fsp3) is 0.409. The quantitative estimate of drug-likeness (QED) is 0.686. The summed E-state index contributed by atoms with van der Waals surface area (Å²) in [6.45, 7) is 2.99. The molecule has 1 aliphatic heterocycles. The smallest absolute Gasteiger partial charge is 0.242 e. The zero-order valence-corrected chi connectivity index (χ0v) is 16.6. The van der Waals surface area contributed by atoms with Crippen LogP contribution in [0, 0.1) is 5.92 Å². The number of fused-ring (bicyclic) bond motifs is 1. The van der Waals surface area contributed by atoms with Crippen molar-refractivity contribution in [2.75, 3.05) is 33.7 Å². The highest BCUT2D eigenvalue weighted by molar-refractivity contribution is 5.84. The number of likely N-dealkylation sites (tertiary alicyclic amines) is 1. The summed E-state index contributed by atoms with van der Waals surface area (Å²) in [5, 5.41) is 0. The highest BCUT2D eigenvalue weighted by atomic mass is 16.2. The van der Waals surface area contributed by atoms with Gasteiger partial charge in [-0.1, -0.05) is 18.2 Å². The Hall–Kier alpha value is -2.73. The number of piperidine rings is 1. The average molecular weight is 377 g/mol. The highest BCUT2D eigenvalue weighted by Gasteiger charge is 2.25. The molecule has 28 heavy (non-hydrogen) atoms. The first-order valence-electron chi connectivity index (χ1n) is 9.91. The van der Waals surface area contributed by atoms with Crippen LogP contribution in [0.4, 0.5) is 0 Å². The van der Waals surface area contributed by atoms with E-state index in [1.807, 2.05) is 51.9 Å². The molecule has 2 aromatic heterocycles. The third-order valence-electron chi connectivity index (χ3n) is 5.34. The van der Waals surface area contributed by atoms with Crippen LogP contribution in [0.15, 0.2) is 48.7 Å². The second-order valence-electron chi connectivity index (χ2n) is 7.84. The Morgan fingerprint density at radius 2 is 2.00 bits per heavy atom. The Balaban J connectivity index is 1.61. The summed E-state index contributed by atoms with van der Waals surface area (Å²) in [5.41, 5.74) is 2.65. The third-order valence-corrected chi connectivity index (χ3v) is 5.34. The van der Waals surface area contributed by atoms with Crippen molar-refractivity contribution in [3.63, 3.8) is 0 Å². The topological polar surface area (TPSA) is 54.3 Å². The molecule has 0 saturated carbocycles. The SMILES string of the molecule is CN(C)C[C@H]1CCCN(C(=O)Cn2c(-c3ccccn3)nc3ccccc32)C1. The standard InChI is InChI=1S/C22H27N5O/c1-25(2)14-17-8-7-13-26(15-17)21(28)16-27-20-11-4-3-9-18(20)24-22(27)19-10-5-6-12-23-19/h3-6,9-12,17H,7-8,13-16H2,1-2H3/t17-/m1/s1. The Morgan fingerprint density at radius 3 is 2.79 bits per heavy atom. The molecule has 1 amide bonds. The molecule has 6 nitrogen and oxygen atoms in total. The Bertz CT molecular complexity index is 950. The minimum atomic E-state index is 0.156. The summed E-state index contributed by atoms with van der Waals surface area (Å²) < 4.78 is 2.01. The molecule has 6 heteroatoms. The summed E-state index contributed by atoms with van der Waals surface area (Å²) in [6.07, 6.45) is 4.02. The van der Waals surface area contributed by atoms with Gasteiger partial charge >= 0.3 is 0 Å². The van der Waals surface area contributed by atoms with Gasteiger partial charge in [0.1, 0.15) is 12.2 Å². The first-order valence-corrected chi connectivity index (χ1v) is 9.91. The molecule has 146 valence electrons. The number of pyridine rings is 1. The van der Waals surface area contributed by atoms with E-state index in [2.05, 4.69) is 24.0 Å². The lowest BCUT2D eigenvalue weighted by atomic mass is 9.97. The number of para-hydroxylation sites is 2. The summed E-state index contributed by atoms with van der Waals surface area (Å²) in [4.78, 5) is 26.6. The molecule has 1 aliphatic rings.